The standard InChI is InChI=1S/C38H50N4O6/c1-24-19-29(13-16-32(24)46-4)26-7-5-25(6-8-26)22-42(34-20-30(17-18-39-34)33-21-40-35(48-33)27-9-10-27)36(43)28-11-14-31(15-12-28)47-37(44)41-23-38(2,3)45/h13,16-21,25-28,31,45H,5-12,14-15,22-23H2,1-4H3,(H,41,44)/t25-,26-,28-,31-. The van der Waals surface area contributed by atoms with Gasteiger partial charge in [-0.15, -0.1) is 0 Å². The molecule has 0 bridgehead atoms. The number of ether oxygens (including phenoxy) is 2. The number of alkyl carbamates (subject to hydrolysis) is 1. The molecule has 2 amide bonds. The number of benzene rings is 1. The van der Waals surface area contributed by atoms with E-state index in [0.29, 0.717) is 61.6 Å². The Labute approximate surface area is 283 Å². The number of pyridine rings is 1. The van der Waals surface area contributed by atoms with Gasteiger partial charge in [-0.05, 0) is 126 Å². The Morgan fingerprint density at radius 3 is 2.38 bits per heavy atom. The number of carbonyl (C=O) groups excluding carboxylic acids is 2. The van der Waals surface area contributed by atoms with Gasteiger partial charge in [0, 0.05) is 36.7 Å². The molecule has 6 rings (SSSR count). The third-order valence-electron chi connectivity index (χ3n) is 10.2. The Kier molecular flexibility index (Phi) is 10.4. The molecule has 10 heteroatoms. The zero-order chi connectivity index (χ0) is 33.8. The molecule has 3 fully saturated rings. The molecule has 2 aromatic heterocycles. The van der Waals surface area contributed by atoms with Gasteiger partial charge in [0.05, 0.1) is 18.9 Å². The van der Waals surface area contributed by atoms with Crippen molar-refractivity contribution in [2.24, 2.45) is 11.8 Å². The summed E-state index contributed by atoms with van der Waals surface area (Å²) < 4.78 is 17.2. The molecule has 0 atom stereocenters. The number of hydrogen-bond donors (Lipinski definition) is 2. The number of nitrogens with one attached hydrogen (secondary N) is 1. The average Bonchev–Trinajstić information content (AvgIpc) is 3.82. The van der Waals surface area contributed by atoms with Crippen LogP contribution in [0.2, 0.25) is 0 Å². The van der Waals surface area contributed by atoms with Gasteiger partial charge in [0.1, 0.15) is 17.7 Å². The highest BCUT2D eigenvalue weighted by atomic mass is 16.6. The van der Waals surface area contributed by atoms with Gasteiger partial charge >= 0.3 is 6.09 Å². The first kappa shape index (κ1) is 34.0. The highest BCUT2D eigenvalue weighted by Crippen LogP contribution is 2.41. The SMILES string of the molecule is COc1ccc([C@H]2CC[C@H](CN(c3cc(-c4cnc(C5CC5)o4)ccn3)C(=O)[C@H]3CC[C@H](OC(=O)NCC(C)(C)O)CC3)CC2)cc1C. The van der Waals surface area contributed by atoms with E-state index in [-0.39, 0.29) is 24.5 Å². The van der Waals surface area contributed by atoms with Crippen LogP contribution in [0.4, 0.5) is 10.6 Å². The second-order valence-corrected chi connectivity index (χ2v) is 14.7. The van der Waals surface area contributed by atoms with Crippen LogP contribution in [0.15, 0.2) is 47.1 Å². The van der Waals surface area contributed by atoms with Crippen molar-refractivity contribution in [2.45, 2.75) is 109 Å². The van der Waals surface area contributed by atoms with Crippen LogP contribution in [0, 0.1) is 18.8 Å². The number of aryl methyl sites for hydroxylation is 1. The molecular formula is C38H50N4O6. The van der Waals surface area contributed by atoms with E-state index in [1.165, 1.54) is 5.56 Å². The molecule has 3 aliphatic carbocycles. The molecule has 48 heavy (non-hydrogen) atoms. The van der Waals surface area contributed by atoms with Crippen LogP contribution in [0.5, 0.6) is 5.75 Å². The zero-order valence-corrected chi connectivity index (χ0v) is 28.7. The normalized spacial score (nSPS) is 22.9. The topological polar surface area (TPSA) is 127 Å². The summed E-state index contributed by atoms with van der Waals surface area (Å²) in [5, 5.41) is 12.5. The summed E-state index contributed by atoms with van der Waals surface area (Å²) >= 11 is 0. The van der Waals surface area contributed by atoms with E-state index in [0.717, 1.165) is 61.3 Å². The smallest absolute Gasteiger partial charge is 0.407 e. The first-order chi connectivity index (χ1) is 23.1. The van der Waals surface area contributed by atoms with Crippen LogP contribution >= 0.6 is 0 Å². The Balaban J connectivity index is 1.14. The highest BCUT2D eigenvalue weighted by Gasteiger charge is 2.35. The van der Waals surface area contributed by atoms with E-state index in [2.05, 4.69) is 35.4 Å². The molecule has 1 aromatic carbocycles. The fourth-order valence-corrected chi connectivity index (χ4v) is 7.18. The molecule has 10 nitrogen and oxygen atoms in total. The van der Waals surface area contributed by atoms with Crippen molar-refractivity contribution >= 4 is 17.8 Å². The molecule has 0 unspecified atom stereocenters. The minimum absolute atomic E-state index is 0.0775. The molecule has 0 saturated heterocycles. The first-order valence-electron chi connectivity index (χ1n) is 17.6. The van der Waals surface area contributed by atoms with Crippen LogP contribution in [0.1, 0.15) is 107 Å². The predicted molar refractivity (Wildman–Crippen MR) is 183 cm³/mol. The van der Waals surface area contributed by atoms with Gasteiger partial charge in [0.25, 0.3) is 0 Å². The van der Waals surface area contributed by atoms with Crippen molar-refractivity contribution in [3.05, 3.63) is 59.7 Å². The number of methoxy groups -OCH3 is 1. The lowest BCUT2D eigenvalue weighted by Crippen LogP contribution is -2.43. The number of amides is 2. The Bertz CT molecular complexity index is 1560. The lowest BCUT2D eigenvalue weighted by atomic mass is 9.78. The summed E-state index contributed by atoms with van der Waals surface area (Å²) in [6.07, 6.45) is 11.7. The first-order valence-corrected chi connectivity index (χ1v) is 17.6. The van der Waals surface area contributed by atoms with Gasteiger partial charge in [-0.3, -0.25) is 9.69 Å². The molecule has 0 spiro atoms. The molecule has 2 N–H and O–H groups in total. The molecule has 2 heterocycles. The summed E-state index contributed by atoms with van der Waals surface area (Å²) in [4.78, 5) is 37.8. The van der Waals surface area contributed by atoms with Crippen LogP contribution in [0.25, 0.3) is 11.3 Å². The van der Waals surface area contributed by atoms with Gasteiger partial charge in [-0.2, -0.15) is 0 Å². The van der Waals surface area contributed by atoms with Gasteiger partial charge in [0.15, 0.2) is 11.7 Å². The van der Waals surface area contributed by atoms with E-state index < -0.39 is 11.7 Å². The van der Waals surface area contributed by atoms with Crippen molar-refractivity contribution in [1.82, 2.24) is 15.3 Å². The lowest BCUT2D eigenvalue weighted by Gasteiger charge is -2.35. The second kappa shape index (κ2) is 14.7. The Hall–Kier alpha value is -3.92. The molecule has 3 saturated carbocycles. The van der Waals surface area contributed by atoms with Crippen LogP contribution in [-0.2, 0) is 9.53 Å². The third kappa shape index (κ3) is 8.56. The van der Waals surface area contributed by atoms with Crippen LogP contribution in [0.3, 0.4) is 0 Å². The Morgan fingerprint density at radius 2 is 1.71 bits per heavy atom. The number of anilines is 1. The number of aromatic nitrogens is 2. The van der Waals surface area contributed by atoms with Crippen molar-refractivity contribution in [1.29, 1.82) is 0 Å². The van der Waals surface area contributed by atoms with E-state index in [1.807, 2.05) is 17.0 Å². The van der Waals surface area contributed by atoms with Crippen molar-refractivity contribution in [3.8, 4) is 17.1 Å². The molecule has 258 valence electrons. The highest BCUT2D eigenvalue weighted by molar-refractivity contribution is 5.94. The average molecular weight is 659 g/mol. The summed E-state index contributed by atoms with van der Waals surface area (Å²) in [7, 11) is 1.71. The number of carbonyl (C=O) groups is 2. The predicted octanol–water partition coefficient (Wildman–Crippen LogP) is 7.29. The fraction of sp³-hybridized carbons (Fsp3) is 0.579. The van der Waals surface area contributed by atoms with E-state index in [1.54, 1.807) is 33.4 Å². The monoisotopic (exact) mass is 658 g/mol. The van der Waals surface area contributed by atoms with Crippen molar-refractivity contribution in [2.75, 3.05) is 25.1 Å². The Morgan fingerprint density at radius 1 is 0.979 bits per heavy atom. The largest absolute Gasteiger partial charge is 0.496 e. The molecule has 3 aromatic rings. The number of nitrogens with zero attached hydrogens (tertiary/aromatic N) is 3. The van der Waals surface area contributed by atoms with Gasteiger partial charge < -0.3 is 24.3 Å². The lowest BCUT2D eigenvalue weighted by molar-refractivity contribution is -0.124. The van der Waals surface area contributed by atoms with Crippen LogP contribution in [-0.4, -0.2) is 59.0 Å². The number of rotatable bonds is 11. The molecule has 0 aliphatic heterocycles. The van der Waals surface area contributed by atoms with Gasteiger partial charge in [0.2, 0.25) is 5.91 Å². The maximum atomic E-state index is 14.3. The number of hydrogen-bond acceptors (Lipinski definition) is 8. The van der Waals surface area contributed by atoms with Crippen molar-refractivity contribution < 1.29 is 28.6 Å². The summed E-state index contributed by atoms with van der Waals surface area (Å²) in [5.74, 6) is 4.21. The summed E-state index contributed by atoms with van der Waals surface area (Å²) in [5.41, 5.74) is 2.37. The van der Waals surface area contributed by atoms with Gasteiger partial charge in [-0.1, -0.05) is 12.1 Å². The quantitative estimate of drug-likeness (QED) is 0.220. The minimum atomic E-state index is -1.02. The molecular weight excluding hydrogens is 608 g/mol. The summed E-state index contributed by atoms with van der Waals surface area (Å²) in [6.45, 7) is 6.08. The van der Waals surface area contributed by atoms with E-state index in [9.17, 15) is 14.7 Å². The van der Waals surface area contributed by atoms with Crippen LogP contribution < -0.4 is 15.0 Å². The second-order valence-electron chi connectivity index (χ2n) is 14.7. The van der Waals surface area contributed by atoms with Gasteiger partial charge in [-0.25, -0.2) is 14.8 Å². The van der Waals surface area contributed by atoms with Crippen molar-refractivity contribution in [3.63, 3.8) is 0 Å². The fourth-order valence-electron chi connectivity index (χ4n) is 7.18. The zero-order valence-electron chi connectivity index (χ0n) is 28.7. The van der Waals surface area contributed by atoms with E-state index >= 15 is 0 Å². The summed E-state index contributed by atoms with van der Waals surface area (Å²) in [6, 6.07) is 10.4. The maximum absolute atomic E-state index is 14.3. The maximum Gasteiger partial charge on any atom is 0.407 e. The molecule has 0 radical (unpaired) electrons. The van der Waals surface area contributed by atoms with E-state index in [4.69, 9.17) is 18.9 Å². The number of oxazole rings is 1. The minimum Gasteiger partial charge on any atom is -0.496 e. The molecule has 3 aliphatic rings. The third-order valence-corrected chi connectivity index (χ3v) is 10.2. The number of aliphatic hydroxyl groups is 1.